The van der Waals surface area contributed by atoms with Gasteiger partial charge in [-0.05, 0) is 93.0 Å². The van der Waals surface area contributed by atoms with Gasteiger partial charge in [-0.25, -0.2) is 4.39 Å². The molecule has 0 spiro atoms. The minimum Gasteiger partial charge on any atom is -0.486 e. The second kappa shape index (κ2) is 12.2. The monoisotopic (exact) mass is 581 g/mol. The van der Waals surface area contributed by atoms with E-state index in [1.807, 2.05) is 31.2 Å². The lowest BCUT2D eigenvalue weighted by Crippen LogP contribution is -2.48. The highest BCUT2D eigenvalue weighted by molar-refractivity contribution is 5.88. The van der Waals surface area contributed by atoms with Gasteiger partial charge < -0.3 is 19.5 Å². The normalized spacial score (nSPS) is 20.5. The summed E-state index contributed by atoms with van der Waals surface area (Å²) in [6.07, 6.45) is 9.69. The maximum atomic E-state index is 14.2. The Hall–Kier alpha value is -2.87. The molecule has 6 nitrogen and oxygen atoms in total. The summed E-state index contributed by atoms with van der Waals surface area (Å²) in [5, 5.41) is 2.12. The van der Waals surface area contributed by atoms with Crippen LogP contribution in [0, 0.1) is 18.7 Å². The number of hydrogen-bond acceptors (Lipinski definition) is 4. The van der Waals surface area contributed by atoms with E-state index in [9.17, 15) is 4.39 Å². The second-order valence-electron chi connectivity index (χ2n) is 12.0. The predicted octanol–water partition coefficient (Wildman–Crippen LogP) is 6.35. The summed E-state index contributed by atoms with van der Waals surface area (Å²) in [6.45, 7) is 4.51. The molecule has 1 saturated carbocycles. The Balaban J connectivity index is 0.00000169. The molecular weight excluding hydrogens is 541 g/mol. The molecule has 8 heteroatoms. The van der Waals surface area contributed by atoms with E-state index < -0.39 is 0 Å². The highest BCUT2D eigenvalue weighted by Crippen LogP contribution is 2.39. The van der Waals surface area contributed by atoms with E-state index in [-0.39, 0.29) is 29.8 Å². The maximum Gasteiger partial charge on any atom is 0.171 e. The molecule has 0 radical (unpaired) electrons. The van der Waals surface area contributed by atoms with Crippen molar-refractivity contribution in [3.05, 3.63) is 65.2 Å². The third-order valence-electron chi connectivity index (χ3n) is 9.34. The van der Waals surface area contributed by atoms with Gasteiger partial charge in [0.15, 0.2) is 11.5 Å². The SMILES string of the molecule is Cc1ccc2c3c(ccc2n1)OC[C@H](CN(CC1CCc2c(c4cc(F)ccc4n2C)C1)C1CCCCC1)O3.Cl.O. The molecule has 220 valence electrons. The van der Waals surface area contributed by atoms with Crippen LogP contribution in [0.5, 0.6) is 11.5 Å². The van der Waals surface area contributed by atoms with Crippen LogP contribution in [-0.4, -0.2) is 51.8 Å². The molecule has 1 fully saturated rings. The van der Waals surface area contributed by atoms with Crippen LogP contribution < -0.4 is 9.47 Å². The standard InChI is InChI=1S/C33H38FN3O2.ClH.H2O/c1-21-8-11-26-29(35-21)12-15-32-33(26)39-25(20-38-32)19-37(24-6-4-3-5-7-24)18-22-9-13-30-27(16-22)28-17-23(34)10-14-31(28)36(30)2;;/h8,10-12,14-15,17,22,24-25H,3-7,9,13,16,18-20H2,1-2H3;1H;1H2/t22?,25-;;/m0../s1. The first-order chi connectivity index (χ1) is 19.0. The first-order valence-electron chi connectivity index (χ1n) is 14.7. The summed E-state index contributed by atoms with van der Waals surface area (Å²) in [5.74, 6) is 2.06. The van der Waals surface area contributed by atoms with Crippen molar-refractivity contribution in [2.75, 3.05) is 19.7 Å². The molecule has 4 aromatic rings. The summed E-state index contributed by atoms with van der Waals surface area (Å²) in [4.78, 5) is 7.41. The summed E-state index contributed by atoms with van der Waals surface area (Å²) < 4.78 is 29.4. The van der Waals surface area contributed by atoms with Crippen LogP contribution in [0.15, 0.2) is 42.5 Å². The quantitative estimate of drug-likeness (QED) is 0.275. The van der Waals surface area contributed by atoms with Crippen LogP contribution >= 0.6 is 12.4 Å². The number of aromatic nitrogens is 2. The summed E-state index contributed by atoms with van der Waals surface area (Å²) in [6, 6.07) is 14.0. The number of aryl methyl sites for hydroxylation is 2. The van der Waals surface area contributed by atoms with Gasteiger partial charge >= 0.3 is 0 Å². The summed E-state index contributed by atoms with van der Waals surface area (Å²) >= 11 is 0. The van der Waals surface area contributed by atoms with E-state index in [0.29, 0.717) is 18.6 Å². The van der Waals surface area contributed by atoms with E-state index in [0.717, 1.165) is 64.9 Å². The molecule has 0 saturated heterocycles. The number of fused-ring (bicyclic) bond motifs is 6. The van der Waals surface area contributed by atoms with Crippen molar-refractivity contribution in [1.29, 1.82) is 0 Å². The first-order valence-corrected chi connectivity index (χ1v) is 14.7. The maximum absolute atomic E-state index is 14.2. The molecule has 3 heterocycles. The van der Waals surface area contributed by atoms with Crippen molar-refractivity contribution in [3.8, 4) is 11.5 Å². The zero-order valence-electron chi connectivity index (χ0n) is 24.0. The zero-order chi connectivity index (χ0) is 26.5. The van der Waals surface area contributed by atoms with Gasteiger partial charge in [0, 0.05) is 53.9 Å². The largest absolute Gasteiger partial charge is 0.486 e. The minimum atomic E-state index is -0.144. The van der Waals surface area contributed by atoms with Crippen molar-refractivity contribution < 1.29 is 19.3 Å². The van der Waals surface area contributed by atoms with E-state index >= 15 is 0 Å². The zero-order valence-corrected chi connectivity index (χ0v) is 24.8. The number of benzene rings is 2. The Morgan fingerprint density at radius 1 is 1.00 bits per heavy atom. The molecule has 2 atom stereocenters. The molecule has 2 N–H and O–H groups in total. The smallest absolute Gasteiger partial charge is 0.171 e. The topological polar surface area (TPSA) is 71.0 Å². The molecule has 2 aliphatic carbocycles. The van der Waals surface area contributed by atoms with Gasteiger partial charge in [-0.3, -0.25) is 9.88 Å². The fraction of sp³-hybridized carbons (Fsp3) is 0.485. The van der Waals surface area contributed by atoms with E-state index in [1.165, 1.54) is 49.8 Å². The van der Waals surface area contributed by atoms with Crippen LogP contribution in [0.25, 0.3) is 21.8 Å². The number of halogens is 2. The third-order valence-corrected chi connectivity index (χ3v) is 9.34. The molecule has 7 rings (SSSR count). The molecule has 3 aliphatic rings. The molecule has 0 bridgehead atoms. The Kier molecular flexibility index (Phi) is 8.78. The van der Waals surface area contributed by atoms with E-state index in [2.05, 4.69) is 22.6 Å². The Bertz CT molecular complexity index is 1530. The lowest BCUT2D eigenvalue weighted by atomic mass is 9.85. The van der Waals surface area contributed by atoms with Gasteiger partial charge in [0.25, 0.3) is 0 Å². The molecule has 0 amide bonds. The minimum absolute atomic E-state index is 0. The van der Waals surface area contributed by atoms with Crippen LogP contribution in [0.4, 0.5) is 4.39 Å². The number of rotatable bonds is 5. The van der Waals surface area contributed by atoms with Crippen molar-refractivity contribution >= 4 is 34.2 Å². The van der Waals surface area contributed by atoms with Crippen LogP contribution in [0.1, 0.15) is 55.5 Å². The highest BCUT2D eigenvalue weighted by atomic mass is 35.5. The molecule has 2 aromatic carbocycles. The van der Waals surface area contributed by atoms with Crippen molar-refractivity contribution in [1.82, 2.24) is 14.5 Å². The lowest BCUT2D eigenvalue weighted by Gasteiger charge is -2.40. The van der Waals surface area contributed by atoms with Gasteiger partial charge in [0.05, 0.1) is 5.52 Å². The van der Waals surface area contributed by atoms with Crippen molar-refractivity contribution in [3.63, 3.8) is 0 Å². The second-order valence-corrected chi connectivity index (χ2v) is 12.0. The number of hydrogen-bond donors (Lipinski definition) is 0. The Morgan fingerprint density at radius 3 is 2.66 bits per heavy atom. The fourth-order valence-electron chi connectivity index (χ4n) is 7.36. The van der Waals surface area contributed by atoms with Gasteiger partial charge in [-0.2, -0.15) is 0 Å². The van der Waals surface area contributed by atoms with Gasteiger partial charge in [-0.15, -0.1) is 12.4 Å². The molecule has 2 aromatic heterocycles. The average Bonchev–Trinajstić information content (AvgIpc) is 3.23. The fourth-order valence-corrected chi connectivity index (χ4v) is 7.36. The predicted molar refractivity (Wildman–Crippen MR) is 164 cm³/mol. The Morgan fingerprint density at radius 2 is 1.83 bits per heavy atom. The van der Waals surface area contributed by atoms with Crippen LogP contribution in [0.3, 0.4) is 0 Å². The summed E-state index contributed by atoms with van der Waals surface area (Å²) in [7, 11) is 2.13. The number of pyridine rings is 1. The number of nitrogens with zero attached hydrogens (tertiary/aromatic N) is 3. The molecule has 1 unspecified atom stereocenters. The molecule has 1 aliphatic heterocycles. The third kappa shape index (κ3) is 5.64. The lowest BCUT2D eigenvalue weighted by molar-refractivity contribution is 0.0313. The first kappa shape index (κ1) is 29.6. The van der Waals surface area contributed by atoms with Crippen LogP contribution in [0.2, 0.25) is 0 Å². The highest BCUT2D eigenvalue weighted by Gasteiger charge is 2.32. The Labute approximate surface area is 247 Å². The van der Waals surface area contributed by atoms with Gasteiger partial charge in [-0.1, -0.05) is 19.3 Å². The van der Waals surface area contributed by atoms with Crippen molar-refractivity contribution in [2.45, 2.75) is 70.4 Å². The molecule has 41 heavy (non-hydrogen) atoms. The van der Waals surface area contributed by atoms with E-state index in [4.69, 9.17) is 14.5 Å². The number of ether oxygens (including phenoxy) is 2. The van der Waals surface area contributed by atoms with Gasteiger partial charge in [0.2, 0.25) is 0 Å². The van der Waals surface area contributed by atoms with E-state index in [1.54, 1.807) is 12.1 Å². The molecular formula is C33H41ClFN3O3. The van der Waals surface area contributed by atoms with Gasteiger partial charge in [0.1, 0.15) is 18.5 Å². The van der Waals surface area contributed by atoms with Crippen molar-refractivity contribution in [2.24, 2.45) is 13.0 Å². The average molecular weight is 582 g/mol. The summed E-state index contributed by atoms with van der Waals surface area (Å²) in [5.41, 5.74) is 5.84. The van der Waals surface area contributed by atoms with Crippen LogP contribution in [-0.2, 0) is 19.9 Å².